The molecule has 2 N–H and O–H groups in total. The Kier molecular flexibility index (Phi) is 3.09. The molecule has 2 aliphatic carbocycles. The fourth-order valence-corrected chi connectivity index (χ4v) is 4.14. The van der Waals surface area contributed by atoms with Crippen LogP contribution in [0.3, 0.4) is 0 Å². The molecule has 1 aliphatic heterocycles. The van der Waals surface area contributed by atoms with Crippen molar-refractivity contribution in [1.82, 2.24) is 0 Å². The first-order valence-corrected chi connectivity index (χ1v) is 8.43. The summed E-state index contributed by atoms with van der Waals surface area (Å²) in [5.41, 5.74) is -1.19. The number of ether oxygens (including phenoxy) is 2. The molecule has 0 saturated carbocycles. The van der Waals surface area contributed by atoms with Crippen LogP contribution in [-0.4, -0.2) is 40.6 Å². The van der Waals surface area contributed by atoms with Gasteiger partial charge in [0, 0.05) is 22.1 Å². The minimum atomic E-state index is -1.86. The summed E-state index contributed by atoms with van der Waals surface area (Å²) in [6.07, 6.45) is 0.959. The second-order valence-electron chi connectivity index (χ2n) is 7.64. The van der Waals surface area contributed by atoms with Crippen molar-refractivity contribution in [3.8, 4) is 11.5 Å². The summed E-state index contributed by atoms with van der Waals surface area (Å²) in [4.78, 5) is 25.9. The van der Waals surface area contributed by atoms with E-state index in [0.717, 1.165) is 0 Å². The number of rotatable bonds is 1. The summed E-state index contributed by atoms with van der Waals surface area (Å²) in [5.74, 6) is -1.11. The van der Waals surface area contributed by atoms with Gasteiger partial charge in [-0.25, -0.2) is 0 Å². The maximum Gasteiger partial charge on any atom is 0.203 e. The lowest BCUT2D eigenvalue weighted by atomic mass is 9.63. The molecule has 1 heterocycles. The fourth-order valence-electron chi connectivity index (χ4n) is 4.14. The first-order valence-electron chi connectivity index (χ1n) is 8.43. The number of carbonyl (C=O) groups is 2. The first-order chi connectivity index (χ1) is 12.1. The van der Waals surface area contributed by atoms with Crippen molar-refractivity contribution in [2.75, 3.05) is 7.11 Å². The predicted octanol–water partition coefficient (Wildman–Crippen LogP) is 2.63. The van der Waals surface area contributed by atoms with Crippen LogP contribution in [0.15, 0.2) is 23.5 Å². The molecule has 4 rings (SSSR count). The molecule has 0 radical (unpaired) electrons. The van der Waals surface area contributed by atoms with E-state index in [9.17, 15) is 19.8 Å². The average molecular weight is 356 g/mol. The number of phenols is 1. The molecule has 136 valence electrons. The zero-order valence-electron chi connectivity index (χ0n) is 15.3. The summed E-state index contributed by atoms with van der Waals surface area (Å²) in [6.45, 7) is 7.08. The number of ketones is 2. The van der Waals surface area contributed by atoms with Crippen molar-refractivity contribution in [3.05, 3.63) is 40.2 Å². The van der Waals surface area contributed by atoms with Crippen LogP contribution < -0.4 is 4.74 Å². The van der Waals surface area contributed by atoms with Crippen molar-refractivity contribution < 1.29 is 29.3 Å². The van der Waals surface area contributed by atoms with E-state index in [1.165, 1.54) is 19.3 Å². The van der Waals surface area contributed by atoms with Crippen molar-refractivity contribution in [2.45, 2.75) is 39.4 Å². The smallest absolute Gasteiger partial charge is 0.203 e. The topological polar surface area (TPSA) is 93.1 Å². The van der Waals surface area contributed by atoms with E-state index >= 15 is 0 Å². The molecule has 3 aliphatic rings. The Hall–Kier alpha value is -2.60. The van der Waals surface area contributed by atoms with Crippen LogP contribution in [0.4, 0.5) is 0 Å². The van der Waals surface area contributed by atoms with Gasteiger partial charge in [0.1, 0.15) is 11.9 Å². The van der Waals surface area contributed by atoms with Gasteiger partial charge in [0.05, 0.1) is 12.7 Å². The fraction of sp³-hybridized carbons (Fsp3) is 0.400. The van der Waals surface area contributed by atoms with Gasteiger partial charge < -0.3 is 19.7 Å². The van der Waals surface area contributed by atoms with Crippen LogP contribution in [0.5, 0.6) is 11.5 Å². The van der Waals surface area contributed by atoms with Gasteiger partial charge in [-0.1, -0.05) is 13.8 Å². The first kappa shape index (κ1) is 16.8. The van der Waals surface area contributed by atoms with Crippen LogP contribution in [-0.2, 0) is 4.74 Å². The number of carbonyl (C=O) groups excluding carboxylic acids is 2. The molecular formula is C20H20O6. The highest BCUT2D eigenvalue weighted by Crippen LogP contribution is 2.58. The molecule has 1 fully saturated rings. The van der Waals surface area contributed by atoms with Crippen LogP contribution in [0.2, 0.25) is 0 Å². The molecule has 1 aromatic carbocycles. The average Bonchev–Trinajstić information content (AvgIpc) is 2.75. The minimum absolute atomic E-state index is 0.00353. The Morgan fingerprint density at radius 2 is 1.88 bits per heavy atom. The SMILES string of the molecule is COc1cc2c3c(c1O)C(=O)C=C(C)C3=C1OC(C)C(C)(C)C1(O)C2=O. The summed E-state index contributed by atoms with van der Waals surface area (Å²) >= 11 is 0. The highest BCUT2D eigenvalue weighted by Gasteiger charge is 2.65. The normalized spacial score (nSPS) is 28.4. The zero-order chi connectivity index (χ0) is 19.2. The molecule has 0 bridgehead atoms. The van der Waals surface area contributed by atoms with Gasteiger partial charge in [-0.15, -0.1) is 0 Å². The number of hydrogen-bond donors (Lipinski definition) is 2. The number of allylic oxidation sites excluding steroid dienone is 3. The molecule has 0 spiro atoms. The van der Waals surface area contributed by atoms with E-state index in [2.05, 4.69) is 0 Å². The minimum Gasteiger partial charge on any atom is -0.504 e. The van der Waals surface area contributed by atoms with Gasteiger partial charge >= 0.3 is 0 Å². The number of fused-ring (bicyclic) bond motifs is 1. The lowest BCUT2D eigenvalue weighted by molar-refractivity contribution is -0.00650. The Labute approximate surface area is 150 Å². The molecule has 6 nitrogen and oxygen atoms in total. The largest absolute Gasteiger partial charge is 0.504 e. The monoisotopic (exact) mass is 356 g/mol. The number of phenolic OH excluding ortho intramolecular Hbond substituents is 1. The molecular weight excluding hydrogens is 336 g/mol. The van der Waals surface area contributed by atoms with Crippen molar-refractivity contribution >= 4 is 17.1 Å². The van der Waals surface area contributed by atoms with Crippen LogP contribution in [0.1, 0.15) is 54.0 Å². The third-order valence-corrected chi connectivity index (χ3v) is 6.10. The van der Waals surface area contributed by atoms with Gasteiger partial charge in [0.2, 0.25) is 5.78 Å². The summed E-state index contributed by atoms with van der Waals surface area (Å²) in [7, 11) is 1.34. The molecule has 2 unspecified atom stereocenters. The van der Waals surface area contributed by atoms with Crippen LogP contribution in [0, 0.1) is 5.41 Å². The number of Topliss-reactive ketones (excluding diaryl/α,β-unsaturated/α-hetero) is 1. The molecule has 0 aromatic heterocycles. The van der Waals surface area contributed by atoms with Crippen LogP contribution in [0.25, 0.3) is 5.57 Å². The third-order valence-electron chi connectivity index (χ3n) is 6.10. The van der Waals surface area contributed by atoms with Gasteiger partial charge in [0.25, 0.3) is 0 Å². The highest BCUT2D eigenvalue weighted by molar-refractivity contribution is 6.23. The molecule has 0 amide bonds. The molecule has 1 saturated heterocycles. The van der Waals surface area contributed by atoms with Crippen molar-refractivity contribution in [2.24, 2.45) is 5.41 Å². The summed E-state index contributed by atoms with van der Waals surface area (Å²) < 4.78 is 11.1. The Bertz CT molecular complexity index is 965. The van der Waals surface area contributed by atoms with E-state index in [1.54, 1.807) is 27.7 Å². The number of hydrogen-bond acceptors (Lipinski definition) is 6. The van der Waals surface area contributed by atoms with Crippen LogP contribution >= 0.6 is 0 Å². The second-order valence-corrected chi connectivity index (χ2v) is 7.64. The zero-order valence-corrected chi connectivity index (χ0v) is 15.3. The summed E-state index contributed by atoms with van der Waals surface area (Å²) in [6, 6.07) is 1.39. The number of benzene rings is 1. The lowest BCUT2D eigenvalue weighted by Crippen LogP contribution is -2.53. The van der Waals surface area contributed by atoms with Gasteiger partial charge in [0.15, 0.2) is 22.9 Å². The lowest BCUT2D eigenvalue weighted by Gasteiger charge is -2.39. The standard InChI is InChI=1S/C20H20O6/c1-8-6-11(21)15-14-10(7-12(25-5)16(15)22)17(23)20(24)18(13(8)14)26-9(2)19(20,3)4/h6-7,9,22,24H,1-5H3. The molecule has 26 heavy (non-hydrogen) atoms. The maximum absolute atomic E-state index is 13.4. The molecule has 1 aromatic rings. The van der Waals surface area contributed by atoms with Gasteiger partial charge in [-0.3, -0.25) is 9.59 Å². The Morgan fingerprint density at radius 1 is 1.23 bits per heavy atom. The van der Waals surface area contributed by atoms with Gasteiger partial charge in [-0.2, -0.15) is 0 Å². The summed E-state index contributed by atoms with van der Waals surface area (Å²) in [5, 5.41) is 22.0. The van der Waals surface area contributed by atoms with Crippen molar-refractivity contribution in [3.63, 3.8) is 0 Å². The molecule has 6 heteroatoms. The van der Waals surface area contributed by atoms with Gasteiger partial charge in [-0.05, 0) is 31.6 Å². The van der Waals surface area contributed by atoms with E-state index in [1.807, 2.05) is 0 Å². The van der Waals surface area contributed by atoms with Crippen molar-refractivity contribution in [1.29, 1.82) is 0 Å². The van der Waals surface area contributed by atoms with E-state index in [4.69, 9.17) is 9.47 Å². The number of aliphatic hydroxyl groups is 1. The third kappa shape index (κ3) is 1.61. The Morgan fingerprint density at radius 3 is 2.50 bits per heavy atom. The number of methoxy groups -OCH3 is 1. The number of aromatic hydroxyl groups is 1. The van der Waals surface area contributed by atoms with E-state index in [0.29, 0.717) is 16.7 Å². The predicted molar refractivity (Wildman–Crippen MR) is 93.3 cm³/mol. The van der Waals surface area contributed by atoms with E-state index in [-0.39, 0.29) is 28.4 Å². The van der Waals surface area contributed by atoms with E-state index < -0.39 is 28.7 Å². The second kappa shape index (κ2) is 4.76. The maximum atomic E-state index is 13.4. The molecule has 2 atom stereocenters. The quantitative estimate of drug-likeness (QED) is 0.803. The highest BCUT2D eigenvalue weighted by atomic mass is 16.5. The Balaban J connectivity index is 2.20.